The molecule has 1 rings (SSSR count). The van der Waals surface area contributed by atoms with Gasteiger partial charge in [0.25, 0.3) is 0 Å². The topological polar surface area (TPSA) is 81.6 Å². The molecular formula is C13H20N2O3. The maximum absolute atomic E-state index is 11.6. The molecule has 4 N–H and O–H groups in total. The van der Waals surface area contributed by atoms with Gasteiger partial charge in [-0.25, -0.2) is 0 Å². The number of hydrogen-bond acceptors (Lipinski definition) is 4. The van der Waals surface area contributed by atoms with Crippen LogP contribution in [0.15, 0.2) is 24.3 Å². The molecule has 1 atom stereocenters. The summed E-state index contributed by atoms with van der Waals surface area (Å²) in [5.74, 6) is -0.182. The first kappa shape index (κ1) is 14.6. The summed E-state index contributed by atoms with van der Waals surface area (Å²) < 4.78 is 0. The molecule has 0 aliphatic rings. The lowest BCUT2D eigenvalue weighted by atomic mass is 10.1. The molecule has 0 heterocycles. The Kier molecular flexibility index (Phi) is 5.27. The van der Waals surface area contributed by atoms with Crippen molar-refractivity contribution in [3.05, 3.63) is 29.8 Å². The molecule has 100 valence electrons. The zero-order valence-electron chi connectivity index (χ0n) is 10.7. The Bertz CT molecular complexity index is 405. The van der Waals surface area contributed by atoms with Crippen molar-refractivity contribution >= 4 is 11.6 Å². The molecule has 5 heteroatoms. The first-order valence-electron chi connectivity index (χ1n) is 5.84. The molecule has 1 unspecified atom stereocenters. The van der Waals surface area contributed by atoms with E-state index in [0.29, 0.717) is 0 Å². The normalized spacial score (nSPS) is 14.0. The maximum Gasteiger partial charge on any atom is 0.238 e. The number of anilines is 1. The average Bonchev–Trinajstić information content (AvgIpc) is 2.32. The Morgan fingerprint density at radius 2 is 2.06 bits per heavy atom. The summed E-state index contributed by atoms with van der Waals surface area (Å²) in [4.78, 5) is 11.6. The molecule has 0 aromatic heterocycles. The average molecular weight is 252 g/mol. The number of amides is 1. The molecule has 18 heavy (non-hydrogen) atoms. The van der Waals surface area contributed by atoms with Gasteiger partial charge in [0.05, 0.1) is 18.8 Å². The van der Waals surface area contributed by atoms with Crippen molar-refractivity contribution in [2.75, 3.05) is 25.0 Å². The lowest BCUT2D eigenvalue weighted by molar-refractivity contribution is -0.115. The van der Waals surface area contributed by atoms with Crippen LogP contribution in [0.25, 0.3) is 0 Å². The molecule has 0 spiro atoms. The molecule has 1 aromatic carbocycles. The zero-order chi connectivity index (χ0) is 13.6. The lowest BCUT2D eigenvalue weighted by Gasteiger charge is -2.20. The smallest absolute Gasteiger partial charge is 0.238 e. The van der Waals surface area contributed by atoms with Crippen LogP contribution in [0.5, 0.6) is 0 Å². The van der Waals surface area contributed by atoms with Crippen LogP contribution in [-0.2, 0) is 4.79 Å². The molecule has 0 aliphatic heterocycles. The number of para-hydroxylation sites is 1. The molecule has 5 nitrogen and oxygen atoms in total. The third-order valence-corrected chi connectivity index (χ3v) is 2.55. The first-order valence-corrected chi connectivity index (χ1v) is 5.84. The van der Waals surface area contributed by atoms with Gasteiger partial charge in [-0.2, -0.15) is 0 Å². The Morgan fingerprint density at radius 1 is 1.39 bits per heavy atom. The Hall–Kier alpha value is -1.43. The zero-order valence-corrected chi connectivity index (χ0v) is 10.7. The molecule has 0 fully saturated rings. The number of carbonyl (C=O) groups excluding carboxylic acids is 1. The number of benzene rings is 1. The van der Waals surface area contributed by atoms with Gasteiger partial charge in [-0.05, 0) is 25.5 Å². The van der Waals surface area contributed by atoms with Gasteiger partial charge in [0.2, 0.25) is 5.91 Å². The molecule has 0 aliphatic carbocycles. The molecule has 0 saturated heterocycles. The standard InChI is InChI=1S/C13H20N2O3/c1-10-5-3-4-6-11(10)15-12(17)7-14-8-13(2,18)9-16/h3-6,14,16,18H,7-9H2,1-2H3,(H,15,17). The van der Waals surface area contributed by atoms with Crippen molar-refractivity contribution in [2.45, 2.75) is 19.4 Å². The number of hydrogen-bond donors (Lipinski definition) is 4. The summed E-state index contributed by atoms with van der Waals surface area (Å²) in [5.41, 5.74) is 0.564. The largest absolute Gasteiger partial charge is 0.393 e. The van der Waals surface area contributed by atoms with Crippen molar-refractivity contribution in [1.82, 2.24) is 5.32 Å². The van der Waals surface area contributed by atoms with Crippen LogP contribution in [0.3, 0.4) is 0 Å². The summed E-state index contributed by atoms with van der Waals surface area (Å²) in [5, 5.41) is 23.9. The van der Waals surface area contributed by atoms with E-state index in [2.05, 4.69) is 10.6 Å². The monoisotopic (exact) mass is 252 g/mol. The number of aryl methyl sites for hydroxylation is 1. The van der Waals surface area contributed by atoms with Gasteiger partial charge in [0.1, 0.15) is 0 Å². The molecule has 1 aromatic rings. The van der Waals surface area contributed by atoms with Crippen molar-refractivity contribution in [3.8, 4) is 0 Å². The Labute approximate surface area is 107 Å². The summed E-state index contributed by atoms with van der Waals surface area (Å²) in [6, 6.07) is 7.50. The van der Waals surface area contributed by atoms with Gasteiger partial charge in [-0.3, -0.25) is 4.79 Å². The third kappa shape index (κ3) is 4.83. The predicted octanol–water partition coefficient (Wildman–Crippen LogP) is 0.266. The van der Waals surface area contributed by atoms with Gasteiger partial charge >= 0.3 is 0 Å². The van der Waals surface area contributed by atoms with E-state index < -0.39 is 5.60 Å². The van der Waals surface area contributed by atoms with Crippen LogP contribution in [-0.4, -0.2) is 41.4 Å². The van der Waals surface area contributed by atoms with Crippen molar-refractivity contribution in [2.24, 2.45) is 0 Å². The summed E-state index contributed by atoms with van der Waals surface area (Å²) in [6.45, 7) is 3.31. The predicted molar refractivity (Wildman–Crippen MR) is 70.4 cm³/mol. The van der Waals surface area contributed by atoms with Crippen molar-refractivity contribution < 1.29 is 15.0 Å². The van der Waals surface area contributed by atoms with E-state index in [-0.39, 0.29) is 25.6 Å². The highest BCUT2D eigenvalue weighted by Crippen LogP contribution is 2.12. The van der Waals surface area contributed by atoms with Crippen LogP contribution in [0.1, 0.15) is 12.5 Å². The van der Waals surface area contributed by atoms with E-state index in [9.17, 15) is 9.90 Å². The van der Waals surface area contributed by atoms with Gasteiger partial charge in [0.15, 0.2) is 0 Å². The second-order valence-corrected chi connectivity index (χ2v) is 4.62. The lowest BCUT2D eigenvalue weighted by Crippen LogP contribution is -2.43. The fourth-order valence-corrected chi connectivity index (χ4v) is 1.41. The fourth-order valence-electron chi connectivity index (χ4n) is 1.41. The van der Waals surface area contributed by atoms with E-state index in [1.165, 1.54) is 6.92 Å². The summed E-state index contributed by atoms with van der Waals surface area (Å²) in [7, 11) is 0. The summed E-state index contributed by atoms with van der Waals surface area (Å²) >= 11 is 0. The van der Waals surface area contributed by atoms with Gasteiger partial charge in [-0.1, -0.05) is 18.2 Å². The van der Waals surface area contributed by atoms with Crippen molar-refractivity contribution in [3.63, 3.8) is 0 Å². The molecule has 1 amide bonds. The number of rotatable bonds is 6. The minimum absolute atomic E-state index is 0.0878. The number of carbonyl (C=O) groups is 1. The highest BCUT2D eigenvalue weighted by molar-refractivity contribution is 5.92. The van der Waals surface area contributed by atoms with E-state index in [0.717, 1.165) is 11.3 Å². The summed E-state index contributed by atoms with van der Waals surface area (Å²) in [6.07, 6.45) is 0. The van der Waals surface area contributed by atoms with Gasteiger partial charge in [-0.15, -0.1) is 0 Å². The van der Waals surface area contributed by atoms with Crippen LogP contribution in [0.4, 0.5) is 5.69 Å². The maximum atomic E-state index is 11.6. The third-order valence-electron chi connectivity index (χ3n) is 2.55. The Morgan fingerprint density at radius 3 is 2.67 bits per heavy atom. The van der Waals surface area contributed by atoms with E-state index in [1.54, 1.807) is 0 Å². The van der Waals surface area contributed by atoms with Crippen LogP contribution < -0.4 is 10.6 Å². The van der Waals surface area contributed by atoms with Crippen LogP contribution >= 0.6 is 0 Å². The molecule has 0 saturated carbocycles. The molecular weight excluding hydrogens is 232 g/mol. The van der Waals surface area contributed by atoms with Crippen LogP contribution in [0, 0.1) is 6.92 Å². The van der Waals surface area contributed by atoms with Crippen molar-refractivity contribution in [1.29, 1.82) is 0 Å². The van der Waals surface area contributed by atoms with E-state index in [4.69, 9.17) is 5.11 Å². The van der Waals surface area contributed by atoms with Gasteiger partial charge < -0.3 is 20.8 Å². The quantitative estimate of drug-likeness (QED) is 0.585. The van der Waals surface area contributed by atoms with Crippen LogP contribution in [0.2, 0.25) is 0 Å². The fraction of sp³-hybridized carbons (Fsp3) is 0.462. The minimum atomic E-state index is -1.21. The highest BCUT2D eigenvalue weighted by atomic mass is 16.3. The second-order valence-electron chi connectivity index (χ2n) is 4.62. The van der Waals surface area contributed by atoms with E-state index in [1.807, 2.05) is 31.2 Å². The Balaban J connectivity index is 2.37. The second kappa shape index (κ2) is 6.49. The first-order chi connectivity index (χ1) is 8.44. The number of aliphatic hydroxyl groups is 2. The number of nitrogens with one attached hydrogen (secondary N) is 2. The van der Waals surface area contributed by atoms with Gasteiger partial charge in [0, 0.05) is 12.2 Å². The minimum Gasteiger partial charge on any atom is -0.393 e. The molecule has 0 radical (unpaired) electrons. The van der Waals surface area contributed by atoms with E-state index >= 15 is 0 Å². The highest BCUT2D eigenvalue weighted by Gasteiger charge is 2.18. The number of aliphatic hydroxyl groups excluding tert-OH is 1. The molecule has 0 bridgehead atoms. The SMILES string of the molecule is Cc1ccccc1NC(=O)CNCC(C)(O)CO.